The summed E-state index contributed by atoms with van der Waals surface area (Å²) in [5.74, 6) is -0.0236. The molecule has 20 heavy (non-hydrogen) atoms. The molecule has 6 nitrogen and oxygen atoms in total. The number of carbonyl (C=O) groups excluding carboxylic acids is 1. The maximum Gasteiger partial charge on any atom is 0.182 e. The molecule has 0 aliphatic carbocycles. The Hall–Kier alpha value is -0.920. The van der Waals surface area contributed by atoms with Crippen molar-refractivity contribution in [1.82, 2.24) is 9.78 Å². The molecule has 1 atom stereocenters. The van der Waals surface area contributed by atoms with Gasteiger partial charge in [-0.3, -0.25) is 9.48 Å². The first kappa shape index (κ1) is 15.5. The van der Waals surface area contributed by atoms with E-state index in [4.69, 9.17) is 16.3 Å². The summed E-state index contributed by atoms with van der Waals surface area (Å²) in [5, 5.41) is 4.34. The molecule has 0 spiro atoms. The molecule has 2 heterocycles. The smallest absolute Gasteiger partial charge is 0.182 e. The van der Waals surface area contributed by atoms with Gasteiger partial charge in [-0.05, 0) is 12.3 Å². The predicted octanol–water partition coefficient (Wildman–Crippen LogP) is 1.19. The van der Waals surface area contributed by atoms with E-state index in [1.54, 1.807) is 7.11 Å². The summed E-state index contributed by atoms with van der Waals surface area (Å²) in [6, 6.07) is 0. The van der Waals surface area contributed by atoms with Gasteiger partial charge in [-0.25, -0.2) is 8.42 Å². The summed E-state index contributed by atoms with van der Waals surface area (Å²) >= 11 is 6.00. The van der Waals surface area contributed by atoms with E-state index in [1.807, 2.05) is 0 Å². The molecule has 0 radical (unpaired) electrons. The molecule has 1 fully saturated rings. The molecule has 0 aromatic carbocycles. The van der Waals surface area contributed by atoms with Crippen LogP contribution in [0.3, 0.4) is 0 Å². The largest absolute Gasteiger partial charge is 0.383 e. The Morgan fingerprint density at radius 3 is 2.95 bits per heavy atom. The van der Waals surface area contributed by atoms with Gasteiger partial charge in [0.15, 0.2) is 15.6 Å². The van der Waals surface area contributed by atoms with Gasteiger partial charge in [0.25, 0.3) is 0 Å². The van der Waals surface area contributed by atoms with Crippen molar-refractivity contribution >= 4 is 27.2 Å². The standard InChI is InChI=1S/C12H17ClN2O4S/c1-19-4-3-15-12(10(13)7-14-15)11(16)6-9-2-5-20(17,18)8-9/h7,9H,2-6,8H2,1H3. The van der Waals surface area contributed by atoms with Gasteiger partial charge in [0, 0.05) is 13.5 Å². The molecule has 1 aliphatic rings. The lowest BCUT2D eigenvalue weighted by atomic mass is 10.0. The zero-order valence-corrected chi connectivity index (χ0v) is 12.8. The number of ketones is 1. The lowest BCUT2D eigenvalue weighted by Gasteiger charge is -2.09. The lowest BCUT2D eigenvalue weighted by Crippen LogP contribution is -2.17. The number of Topliss-reactive ketones (excluding diaryl/α,β-unsaturated/α-hetero) is 1. The molecular formula is C12H17ClN2O4S. The number of aromatic nitrogens is 2. The average molecular weight is 321 g/mol. The van der Waals surface area contributed by atoms with Crippen LogP contribution in [0, 0.1) is 5.92 Å². The highest BCUT2D eigenvalue weighted by atomic mass is 35.5. The van der Waals surface area contributed by atoms with Crippen LogP contribution in [0.4, 0.5) is 0 Å². The van der Waals surface area contributed by atoms with Crippen LogP contribution >= 0.6 is 11.6 Å². The average Bonchev–Trinajstić information content (AvgIpc) is 2.89. The Bertz CT molecular complexity index is 597. The van der Waals surface area contributed by atoms with Gasteiger partial charge < -0.3 is 4.74 Å². The maximum atomic E-state index is 12.3. The molecule has 1 saturated heterocycles. The molecule has 1 unspecified atom stereocenters. The van der Waals surface area contributed by atoms with Gasteiger partial charge in [0.1, 0.15) is 5.69 Å². The minimum Gasteiger partial charge on any atom is -0.383 e. The highest BCUT2D eigenvalue weighted by Gasteiger charge is 2.31. The van der Waals surface area contributed by atoms with E-state index in [1.165, 1.54) is 10.9 Å². The molecule has 2 rings (SSSR count). The second kappa shape index (κ2) is 6.24. The molecular weight excluding hydrogens is 304 g/mol. The van der Waals surface area contributed by atoms with Crippen LogP contribution in [-0.4, -0.2) is 49.2 Å². The number of nitrogens with zero attached hydrogens (tertiary/aromatic N) is 2. The van der Waals surface area contributed by atoms with Gasteiger partial charge in [-0.15, -0.1) is 0 Å². The summed E-state index contributed by atoms with van der Waals surface area (Å²) in [5.41, 5.74) is 0.341. The first-order chi connectivity index (χ1) is 9.43. The second-order valence-electron chi connectivity index (χ2n) is 4.95. The van der Waals surface area contributed by atoms with Crippen LogP contribution in [0.5, 0.6) is 0 Å². The van der Waals surface area contributed by atoms with E-state index in [9.17, 15) is 13.2 Å². The van der Waals surface area contributed by atoms with Gasteiger partial charge >= 0.3 is 0 Å². The lowest BCUT2D eigenvalue weighted by molar-refractivity contribution is 0.0951. The van der Waals surface area contributed by atoms with Crippen molar-refractivity contribution in [2.75, 3.05) is 25.2 Å². The van der Waals surface area contributed by atoms with Gasteiger partial charge in [0.2, 0.25) is 0 Å². The van der Waals surface area contributed by atoms with Crippen molar-refractivity contribution in [2.45, 2.75) is 19.4 Å². The second-order valence-corrected chi connectivity index (χ2v) is 7.59. The molecule has 0 bridgehead atoms. The van der Waals surface area contributed by atoms with Gasteiger partial charge in [-0.1, -0.05) is 11.6 Å². The van der Waals surface area contributed by atoms with Crippen LogP contribution in [0.1, 0.15) is 23.3 Å². The summed E-state index contributed by atoms with van der Waals surface area (Å²) in [4.78, 5) is 12.3. The van der Waals surface area contributed by atoms with Crippen molar-refractivity contribution in [2.24, 2.45) is 5.92 Å². The molecule has 1 aromatic heterocycles. The third-order valence-corrected chi connectivity index (χ3v) is 5.48. The number of halogens is 1. The van der Waals surface area contributed by atoms with Crippen molar-refractivity contribution in [3.8, 4) is 0 Å². The molecule has 8 heteroatoms. The van der Waals surface area contributed by atoms with Crippen LogP contribution in [0.2, 0.25) is 5.02 Å². The molecule has 0 amide bonds. The first-order valence-corrected chi connectivity index (χ1v) is 8.57. The van der Waals surface area contributed by atoms with Crippen molar-refractivity contribution < 1.29 is 17.9 Å². The number of carbonyl (C=O) groups is 1. The van der Waals surface area contributed by atoms with Crippen molar-refractivity contribution in [3.05, 3.63) is 16.9 Å². The fourth-order valence-corrected chi connectivity index (χ4v) is 4.49. The van der Waals surface area contributed by atoms with Crippen LogP contribution in [0.25, 0.3) is 0 Å². The number of hydrogen-bond donors (Lipinski definition) is 0. The van der Waals surface area contributed by atoms with Crippen LogP contribution in [-0.2, 0) is 21.1 Å². The summed E-state index contributed by atoms with van der Waals surface area (Å²) in [7, 11) is -1.41. The van der Waals surface area contributed by atoms with E-state index in [0.29, 0.717) is 30.3 Å². The van der Waals surface area contributed by atoms with Gasteiger partial charge in [0.05, 0.1) is 35.9 Å². The zero-order valence-electron chi connectivity index (χ0n) is 11.2. The molecule has 1 aliphatic heterocycles. The normalized spacial score (nSPS) is 21.2. The van der Waals surface area contributed by atoms with Gasteiger partial charge in [-0.2, -0.15) is 5.10 Å². The number of methoxy groups -OCH3 is 1. The molecule has 1 aromatic rings. The topological polar surface area (TPSA) is 78.3 Å². The fraction of sp³-hybridized carbons (Fsp3) is 0.667. The van der Waals surface area contributed by atoms with E-state index in [0.717, 1.165) is 0 Å². The Morgan fingerprint density at radius 2 is 2.35 bits per heavy atom. The maximum absolute atomic E-state index is 12.3. The number of rotatable bonds is 6. The summed E-state index contributed by atoms with van der Waals surface area (Å²) in [6.45, 7) is 0.864. The number of sulfone groups is 1. The van der Waals surface area contributed by atoms with E-state index in [-0.39, 0.29) is 29.6 Å². The van der Waals surface area contributed by atoms with E-state index in [2.05, 4.69) is 5.10 Å². The van der Waals surface area contributed by atoms with Crippen molar-refractivity contribution in [1.29, 1.82) is 0 Å². The summed E-state index contributed by atoms with van der Waals surface area (Å²) in [6.07, 6.45) is 2.16. The molecule has 0 N–H and O–H groups in total. The SMILES string of the molecule is COCCn1ncc(Cl)c1C(=O)CC1CCS(=O)(=O)C1. The monoisotopic (exact) mass is 320 g/mol. The van der Waals surface area contributed by atoms with E-state index >= 15 is 0 Å². The molecule has 0 saturated carbocycles. The highest BCUT2D eigenvalue weighted by molar-refractivity contribution is 7.91. The predicted molar refractivity (Wildman–Crippen MR) is 74.8 cm³/mol. The van der Waals surface area contributed by atoms with Crippen LogP contribution < -0.4 is 0 Å². The fourth-order valence-electron chi connectivity index (χ4n) is 2.38. The number of ether oxygens (including phenoxy) is 1. The zero-order chi connectivity index (χ0) is 14.8. The highest BCUT2D eigenvalue weighted by Crippen LogP contribution is 2.25. The quantitative estimate of drug-likeness (QED) is 0.736. The van der Waals surface area contributed by atoms with E-state index < -0.39 is 9.84 Å². The minimum absolute atomic E-state index is 0.0859. The Balaban J connectivity index is 2.07. The third-order valence-electron chi connectivity index (χ3n) is 3.37. The molecule has 112 valence electrons. The Kier molecular flexibility index (Phi) is 4.82. The minimum atomic E-state index is -2.97. The first-order valence-electron chi connectivity index (χ1n) is 6.37. The number of hydrogen-bond acceptors (Lipinski definition) is 5. The summed E-state index contributed by atoms with van der Waals surface area (Å²) < 4.78 is 29.3. The third kappa shape index (κ3) is 3.59. The Labute approximate surface area is 123 Å². The Morgan fingerprint density at radius 1 is 1.60 bits per heavy atom. The van der Waals surface area contributed by atoms with Crippen molar-refractivity contribution in [3.63, 3.8) is 0 Å². The van der Waals surface area contributed by atoms with Crippen LogP contribution in [0.15, 0.2) is 6.20 Å².